The van der Waals surface area contributed by atoms with Gasteiger partial charge in [0.2, 0.25) is 0 Å². The van der Waals surface area contributed by atoms with Crippen LogP contribution in [0.3, 0.4) is 0 Å². The molecule has 0 saturated heterocycles. The molecule has 1 aliphatic heterocycles. The second-order valence-electron chi connectivity index (χ2n) is 9.42. The van der Waals surface area contributed by atoms with Crippen molar-refractivity contribution in [2.24, 2.45) is 0 Å². The number of ether oxygens (including phenoxy) is 1. The van der Waals surface area contributed by atoms with Gasteiger partial charge in [-0.25, -0.2) is 0 Å². The number of nitrogens with zero attached hydrogens (tertiary/aromatic N) is 1. The van der Waals surface area contributed by atoms with Crippen molar-refractivity contribution in [1.29, 1.82) is 0 Å². The maximum absolute atomic E-state index is 12.7. The summed E-state index contributed by atoms with van der Waals surface area (Å²) >= 11 is 0. The number of hydrogen-bond donors (Lipinski definition) is 0. The van der Waals surface area contributed by atoms with E-state index in [0.717, 1.165) is 12.2 Å². The predicted octanol–water partition coefficient (Wildman–Crippen LogP) is 7.18. The molecular weight excluding hydrogens is 438 g/mol. The third-order valence-corrected chi connectivity index (χ3v) is 6.62. The van der Waals surface area contributed by atoms with Gasteiger partial charge in [0.1, 0.15) is 5.75 Å². The Morgan fingerprint density at radius 3 is 1.94 bits per heavy atom. The molecule has 1 amide bonds. The highest BCUT2D eigenvalue weighted by atomic mass is 16.5. The van der Waals surface area contributed by atoms with Crippen LogP contribution in [-0.2, 0) is 4.79 Å². The van der Waals surface area contributed by atoms with Gasteiger partial charge in [0, 0.05) is 5.56 Å². The first-order chi connectivity index (χ1) is 17.1. The Morgan fingerprint density at radius 2 is 1.31 bits per heavy atom. The van der Waals surface area contributed by atoms with E-state index in [0.29, 0.717) is 23.4 Å². The van der Waals surface area contributed by atoms with Crippen LogP contribution < -0.4 is 9.64 Å². The van der Waals surface area contributed by atoms with Crippen molar-refractivity contribution in [2.75, 3.05) is 18.1 Å². The summed E-state index contributed by atoms with van der Waals surface area (Å²) in [5.41, 5.74) is 1.34. The van der Waals surface area contributed by atoms with E-state index < -0.39 is 11.7 Å². The highest BCUT2D eigenvalue weighted by molar-refractivity contribution is 6.52. The fourth-order valence-electron chi connectivity index (χ4n) is 4.51. The number of amides is 1. The fourth-order valence-corrected chi connectivity index (χ4v) is 4.51. The number of benzene rings is 2. The minimum atomic E-state index is -0.651. The summed E-state index contributed by atoms with van der Waals surface area (Å²) in [5.74, 6) is -0.686. The molecule has 1 aliphatic rings. The summed E-state index contributed by atoms with van der Waals surface area (Å²) in [5, 5.41) is 0. The average Bonchev–Trinajstić information content (AvgIpc) is 3.12. The minimum absolute atomic E-state index is 0.152. The van der Waals surface area contributed by atoms with Crippen LogP contribution in [0.1, 0.15) is 105 Å². The number of unbranched alkanes of at least 4 members (excludes halogenated alkanes) is 11. The zero-order chi connectivity index (χ0) is 24.9. The third kappa shape index (κ3) is 8.05. The van der Waals surface area contributed by atoms with Crippen LogP contribution in [0.5, 0.6) is 5.75 Å². The molecule has 3 rings (SSSR count). The van der Waals surface area contributed by atoms with Crippen molar-refractivity contribution in [2.45, 2.75) is 84.0 Å². The van der Waals surface area contributed by atoms with Gasteiger partial charge in [0.15, 0.2) is 5.78 Å². The summed E-state index contributed by atoms with van der Waals surface area (Å²) in [6, 6.07) is 13.8. The predicted molar refractivity (Wildman–Crippen MR) is 140 cm³/mol. The van der Waals surface area contributed by atoms with Crippen LogP contribution >= 0.6 is 0 Å². The molecule has 2 aromatic carbocycles. The summed E-state index contributed by atoms with van der Waals surface area (Å²) < 4.78 is 5.82. The van der Waals surface area contributed by atoms with E-state index in [1.54, 1.807) is 48.5 Å². The third-order valence-electron chi connectivity index (χ3n) is 6.62. The van der Waals surface area contributed by atoms with Gasteiger partial charge in [-0.05, 0) is 42.8 Å². The molecule has 0 aliphatic carbocycles. The molecule has 0 radical (unpaired) electrons. The second kappa shape index (κ2) is 14.4. The van der Waals surface area contributed by atoms with E-state index in [1.165, 1.54) is 75.5 Å². The zero-order valence-electron chi connectivity index (χ0n) is 21.1. The van der Waals surface area contributed by atoms with E-state index in [-0.39, 0.29) is 12.3 Å². The Morgan fingerprint density at radius 1 is 0.743 bits per heavy atom. The monoisotopic (exact) mass is 477 g/mol. The summed E-state index contributed by atoms with van der Waals surface area (Å²) in [6.07, 6.45) is 15.7. The van der Waals surface area contributed by atoms with Crippen molar-refractivity contribution in [1.82, 2.24) is 0 Å². The van der Waals surface area contributed by atoms with E-state index >= 15 is 0 Å². The largest absolute Gasteiger partial charge is 0.494 e. The van der Waals surface area contributed by atoms with Gasteiger partial charge in [-0.3, -0.25) is 19.3 Å². The molecule has 0 N–H and O–H groups in total. The topological polar surface area (TPSA) is 63.7 Å². The number of fused-ring (bicyclic) bond motifs is 1. The van der Waals surface area contributed by atoms with Crippen molar-refractivity contribution in [3.63, 3.8) is 0 Å². The van der Waals surface area contributed by atoms with Gasteiger partial charge in [0.25, 0.3) is 11.7 Å². The first-order valence-corrected chi connectivity index (χ1v) is 13.3. The first kappa shape index (κ1) is 26.7. The van der Waals surface area contributed by atoms with E-state index in [2.05, 4.69) is 6.92 Å². The van der Waals surface area contributed by atoms with Crippen LogP contribution in [-0.4, -0.2) is 30.6 Å². The molecule has 0 unspecified atom stereocenters. The van der Waals surface area contributed by atoms with Crippen molar-refractivity contribution < 1.29 is 19.1 Å². The number of anilines is 1. The summed E-state index contributed by atoms with van der Waals surface area (Å²) in [4.78, 5) is 38.4. The number of carbonyl (C=O) groups is 3. The Hall–Kier alpha value is -2.95. The van der Waals surface area contributed by atoms with Crippen LogP contribution in [0.15, 0.2) is 48.5 Å². The minimum Gasteiger partial charge on any atom is -0.494 e. The molecule has 2 aromatic rings. The molecular formula is C30H39NO4. The smallest absolute Gasteiger partial charge is 0.299 e. The van der Waals surface area contributed by atoms with E-state index in [4.69, 9.17) is 4.74 Å². The standard InChI is InChI=1S/C30H39NO4/c1-2-3-4-5-6-7-8-9-10-11-12-15-22-35-25-20-18-24(19-21-25)28(32)23-31-27-17-14-13-16-26(27)29(33)30(31)34/h13-14,16-21H,2-12,15,22-23H2,1H3. The number of para-hydroxylation sites is 1. The van der Waals surface area contributed by atoms with Crippen molar-refractivity contribution >= 4 is 23.2 Å². The van der Waals surface area contributed by atoms with Gasteiger partial charge < -0.3 is 4.74 Å². The fraction of sp³-hybridized carbons (Fsp3) is 0.500. The Balaban J connectivity index is 1.29. The first-order valence-electron chi connectivity index (χ1n) is 13.3. The van der Waals surface area contributed by atoms with Gasteiger partial charge in [-0.15, -0.1) is 0 Å². The molecule has 0 saturated carbocycles. The maximum atomic E-state index is 12.7. The van der Waals surface area contributed by atoms with Crippen LogP contribution in [0, 0.1) is 0 Å². The highest BCUT2D eigenvalue weighted by Gasteiger charge is 2.36. The van der Waals surface area contributed by atoms with E-state index in [9.17, 15) is 14.4 Å². The van der Waals surface area contributed by atoms with Crippen LogP contribution in [0.2, 0.25) is 0 Å². The quantitative estimate of drug-likeness (QED) is 0.137. The molecule has 0 aromatic heterocycles. The van der Waals surface area contributed by atoms with Crippen LogP contribution in [0.25, 0.3) is 0 Å². The van der Waals surface area contributed by atoms with Gasteiger partial charge in [-0.1, -0.05) is 89.7 Å². The lowest BCUT2D eigenvalue weighted by molar-refractivity contribution is -0.114. The lowest BCUT2D eigenvalue weighted by Crippen LogP contribution is -2.34. The Labute approximate surface area is 209 Å². The van der Waals surface area contributed by atoms with Gasteiger partial charge in [-0.2, -0.15) is 0 Å². The summed E-state index contributed by atoms with van der Waals surface area (Å²) in [6.45, 7) is 2.78. The molecule has 35 heavy (non-hydrogen) atoms. The molecule has 0 bridgehead atoms. The molecule has 5 nitrogen and oxygen atoms in total. The number of carbonyl (C=O) groups excluding carboxylic acids is 3. The Kier molecular flexibility index (Phi) is 11.0. The maximum Gasteiger partial charge on any atom is 0.299 e. The lowest BCUT2D eigenvalue weighted by Gasteiger charge is -2.15. The van der Waals surface area contributed by atoms with Crippen molar-refractivity contribution in [3.05, 3.63) is 59.7 Å². The number of rotatable bonds is 17. The molecule has 5 heteroatoms. The van der Waals surface area contributed by atoms with E-state index in [1.807, 2.05) is 0 Å². The SMILES string of the molecule is CCCCCCCCCCCCCCOc1ccc(C(=O)CN2C(=O)C(=O)c3ccccc32)cc1. The van der Waals surface area contributed by atoms with Crippen molar-refractivity contribution in [3.8, 4) is 5.75 Å². The average molecular weight is 478 g/mol. The normalized spacial score (nSPS) is 12.8. The zero-order valence-corrected chi connectivity index (χ0v) is 21.1. The van der Waals surface area contributed by atoms with Gasteiger partial charge >= 0.3 is 0 Å². The highest BCUT2D eigenvalue weighted by Crippen LogP contribution is 2.28. The molecule has 0 fully saturated rings. The number of hydrogen-bond acceptors (Lipinski definition) is 4. The summed E-state index contributed by atoms with van der Waals surface area (Å²) in [7, 11) is 0. The Bertz CT molecular complexity index is 967. The lowest BCUT2D eigenvalue weighted by atomic mass is 10.1. The molecule has 0 spiro atoms. The molecule has 1 heterocycles. The number of ketones is 2. The van der Waals surface area contributed by atoms with Crippen LogP contribution in [0.4, 0.5) is 5.69 Å². The molecule has 188 valence electrons. The molecule has 0 atom stereocenters. The van der Waals surface area contributed by atoms with Gasteiger partial charge in [0.05, 0.1) is 24.4 Å². The number of Topliss-reactive ketones (excluding diaryl/α,β-unsaturated/α-hetero) is 2. The second-order valence-corrected chi connectivity index (χ2v) is 9.42.